The molecule has 122 valence electrons. The Bertz CT molecular complexity index is 856. The Labute approximate surface area is 132 Å². The number of hydrogen-bond acceptors (Lipinski definition) is 4. The lowest BCUT2D eigenvalue weighted by molar-refractivity contribution is 0.382. The van der Waals surface area contributed by atoms with E-state index in [-0.39, 0.29) is 5.82 Å². The van der Waals surface area contributed by atoms with E-state index in [0.29, 0.717) is 11.4 Å². The van der Waals surface area contributed by atoms with Crippen molar-refractivity contribution in [2.75, 3.05) is 5.32 Å². The van der Waals surface area contributed by atoms with Gasteiger partial charge < -0.3 is 5.32 Å². The lowest BCUT2D eigenvalue weighted by atomic mass is 10.2. The summed E-state index contributed by atoms with van der Waals surface area (Å²) in [5.74, 6) is -10.5. The van der Waals surface area contributed by atoms with E-state index in [1.165, 1.54) is 12.4 Å². The van der Waals surface area contributed by atoms with Crippen LogP contribution in [0.3, 0.4) is 0 Å². The van der Waals surface area contributed by atoms with E-state index >= 15 is 0 Å². The Morgan fingerprint density at radius 3 is 1.88 bits per heavy atom. The molecule has 0 unspecified atom stereocenters. The molecule has 2 aromatic heterocycles. The van der Waals surface area contributed by atoms with Gasteiger partial charge in [-0.05, 0) is 12.1 Å². The van der Waals surface area contributed by atoms with E-state index < -0.39 is 34.8 Å². The first-order valence-electron chi connectivity index (χ1n) is 6.51. The van der Waals surface area contributed by atoms with Crippen LogP contribution in [-0.4, -0.2) is 15.0 Å². The van der Waals surface area contributed by atoms with Gasteiger partial charge in [0.05, 0.1) is 18.1 Å². The Balaban J connectivity index is 1.93. The molecule has 0 aliphatic carbocycles. The molecule has 0 saturated heterocycles. The van der Waals surface area contributed by atoms with Crippen molar-refractivity contribution in [1.82, 2.24) is 15.0 Å². The minimum absolute atomic E-state index is 0.196. The van der Waals surface area contributed by atoms with Gasteiger partial charge in [-0.3, -0.25) is 4.98 Å². The van der Waals surface area contributed by atoms with Crippen molar-refractivity contribution in [1.29, 1.82) is 0 Å². The maximum absolute atomic E-state index is 13.6. The summed E-state index contributed by atoms with van der Waals surface area (Å²) in [7, 11) is 0. The van der Waals surface area contributed by atoms with Crippen molar-refractivity contribution in [2.24, 2.45) is 0 Å². The number of aromatic nitrogens is 3. The molecule has 0 amide bonds. The molecule has 3 rings (SSSR count). The third-order valence-corrected chi connectivity index (χ3v) is 3.04. The van der Waals surface area contributed by atoms with Gasteiger partial charge in [-0.1, -0.05) is 6.07 Å². The van der Waals surface area contributed by atoms with Crippen molar-refractivity contribution in [2.45, 2.75) is 0 Å². The third kappa shape index (κ3) is 2.75. The molecule has 9 heteroatoms. The van der Waals surface area contributed by atoms with Crippen molar-refractivity contribution in [3.8, 4) is 11.4 Å². The zero-order chi connectivity index (χ0) is 17.3. The molecule has 4 nitrogen and oxygen atoms in total. The van der Waals surface area contributed by atoms with E-state index in [2.05, 4.69) is 15.0 Å². The highest BCUT2D eigenvalue weighted by molar-refractivity contribution is 5.59. The second-order valence-electron chi connectivity index (χ2n) is 4.57. The van der Waals surface area contributed by atoms with E-state index in [9.17, 15) is 22.0 Å². The number of hydrogen-bond donors (Lipinski definition) is 1. The maximum Gasteiger partial charge on any atom is 0.200 e. The Morgan fingerprint density at radius 2 is 1.33 bits per heavy atom. The van der Waals surface area contributed by atoms with Crippen LogP contribution in [0, 0.1) is 29.1 Å². The van der Waals surface area contributed by atoms with Gasteiger partial charge in [0, 0.05) is 6.20 Å². The quantitative estimate of drug-likeness (QED) is 0.446. The summed E-state index contributed by atoms with van der Waals surface area (Å²) < 4.78 is 66.5. The fourth-order valence-corrected chi connectivity index (χ4v) is 1.88. The van der Waals surface area contributed by atoms with Crippen LogP contribution < -0.4 is 5.32 Å². The van der Waals surface area contributed by atoms with Crippen molar-refractivity contribution in [3.63, 3.8) is 0 Å². The van der Waals surface area contributed by atoms with Gasteiger partial charge in [0.15, 0.2) is 23.3 Å². The Hall–Kier alpha value is -3.10. The normalized spacial score (nSPS) is 10.7. The Morgan fingerprint density at radius 1 is 0.667 bits per heavy atom. The average Bonchev–Trinajstić information content (AvgIpc) is 2.63. The zero-order valence-electron chi connectivity index (χ0n) is 11.7. The number of halogens is 5. The second kappa shape index (κ2) is 6.19. The number of benzene rings is 1. The number of pyridine rings is 1. The number of anilines is 2. The molecule has 0 saturated carbocycles. The number of rotatable bonds is 3. The second-order valence-corrected chi connectivity index (χ2v) is 4.57. The van der Waals surface area contributed by atoms with Crippen LogP contribution in [0.1, 0.15) is 0 Å². The standard InChI is InChI=1S/C15H7F5N4/c16-10-11(17)13(19)15(14(20)12(10)18)24-9-6-22-8(5-23-9)7-3-1-2-4-21-7/h1-6H,(H,23,24). The largest absolute Gasteiger partial charge is 0.334 e. The van der Waals surface area contributed by atoms with Gasteiger partial charge in [0.1, 0.15) is 17.2 Å². The summed E-state index contributed by atoms with van der Waals surface area (Å²) in [6.45, 7) is 0. The summed E-state index contributed by atoms with van der Waals surface area (Å²) in [5, 5.41) is 2.04. The van der Waals surface area contributed by atoms with E-state index in [4.69, 9.17) is 0 Å². The summed E-state index contributed by atoms with van der Waals surface area (Å²) in [6.07, 6.45) is 3.87. The molecule has 0 fully saturated rings. The van der Waals surface area contributed by atoms with Gasteiger partial charge in [-0.2, -0.15) is 0 Å². The van der Waals surface area contributed by atoms with E-state index in [0.717, 1.165) is 6.20 Å². The van der Waals surface area contributed by atoms with Gasteiger partial charge >= 0.3 is 0 Å². The van der Waals surface area contributed by atoms with Gasteiger partial charge in [0.25, 0.3) is 0 Å². The molecular formula is C15H7F5N4. The minimum Gasteiger partial charge on any atom is -0.334 e. The highest BCUT2D eigenvalue weighted by atomic mass is 19.2. The zero-order valence-corrected chi connectivity index (χ0v) is 11.7. The van der Waals surface area contributed by atoms with Gasteiger partial charge in [-0.15, -0.1) is 0 Å². The van der Waals surface area contributed by atoms with Crippen LogP contribution in [0.4, 0.5) is 33.5 Å². The van der Waals surface area contributed by atoms with Crippen LogP contribution in [0.15, 0.2) is 36.8 Å². The Kier molecular flexibility index (Phi) is 4.07. The molecule has 0 atom stereocenters. The van der Waals surface area contributed by atoms with Crippen LogP contribution >= 0.6 is 0 Å². The van der Waals surface area contributed by atoms with Crippen LogP contribution in [0.5, 0.6) is 0 Å². The molecule has 1 aromatic carbocycles. The molecule has 0 bridgehead atoms. The SMILES string of the molecule is Fc1c(F)c(F)c(Nc2cnc(-c3ccccn3)cn2)c(F)c1F. The monoisotopic (exact) mass is 338 g/mol. The van der Waals surface area contributed by atoms with Crippen molar-refractivity contribution < 1.29 is 22.0 Å². The molecule has 24 heavy (non-hydrogen) atoms. The van der Waals surface area contributed by atoms with Crippen LogP contribution in [-0.2, 0) is 0 Å². The summed E-state index contributed by atoms with van der Waals surface area (Å²) >= 11 is 0. The number of nitrogens with one attached hydrogen (secondary N) is 1. The first kappa shape index (κ1) is 15.8. The first-order valence-corrected chi connectivity index (χ1v) is 6.51. The van der Waals surface area contributed by atoms with Crippen LogP contribution in [0.25, 0.3) is 11.4 Å². The first-order chi connectivity index (χ1) is 11.5. The molecule has 1 N–H and O–H groups in total. The van der Waals surface area contributed by atoms with Crippen LogP contribution in [0.2, 0.25) is 0 Å². The average molecular weight is 338 g/mol. The number of nitrogens with zero attached hydrogens (tertiary/aromatic N) is 3. The van der Waals surface area contributed by atoms with Gasteiger partial charge in [0.2, 0.25) is 5.82 Å². The fourth-order valence-electron chi connectivity index (χ4n) is 1.88. The van der Waals surface area contributed by atoms with Gasteiger partial charge in [-0.25, -0.2) is 31.9 Å². The minimum atomic E-state index is -2.23. The molecule has 3 aromatic rings. The highest BCUT2D eigenvalue weighted by Crippen LogP contribution is 2.29. The summed E-state index contributed by atoms with van der Waals surface area (Å²) in [5.41, 5.74) is -0.322. The predicted molar refractivity (Wildman–Crippen MR) is 74.8 cm³/mol. The fraction of sp³-hybridized carbons (Fsp3) is 0. The van der Waals surface area contributed by atoms with E-state index in [1.807, 2.05) is 5.32 Å². The topological polar surface area (TPSA) is 50.7 Å². The summed E-state index contributed by atoms with van der Waals surface area (Å²) in [6, 6.07) is 5.10. The highest BCUT2D eigenvalue weighted by Gasteiger charge is 2.26. The summed E-state index contributed by atoms with van der Waals surface area (Å²) in [4.78, 5) is 11.8. The lowest BCUT2D eigenvalue weighted by Crippen LogP contribution is -2.07. The van der Waals surface area contributed by atoms with E-state index in [1.54, 1.807) is 18.2 Å². The van der Waals surface area contributed by atoms with Crippen molar-refractivity contribution in [3.05, 3.63) is 65.9 Å². The molecule has 0 aliphatic heterocycles. The predicted octanol–water partition coefficient (Wildman–Crippen LogP) is 3.98. The maximum atomic E-state index is 13.6. The molecule has 2 heterocycles. The molecule has 0 aliphatic rings. The third-order valence-electron chi connectivity index (χ3n) is 3.04. The smallest absolute Gasteiger partial charge is 0.200 e. The molecular weight excluding hydrogens is 331 g/mol. The molecule has 0 spiro atoms. The molecule has 0 radical (unpaired) electrons. The van der Waals surface area contributed by atoms with Crippen molar-refractivity contribution >= 4 is 11.5 Å². The lowest BCUT2D eigenvalue weighted by Gasteiger charge is -2.10.